The molecule has 0 aromatic heterocycles. The number of fused-ring (bicyclic) bond motifs is 1. The molecule has 0 spiro atoms. The van der Waals surface area contributed by atoms with Gasteiger partial charge >= 0.3 is 0 Å². The molecule has 0 fully saturated rings. The third kappa shape index (κ3) is 3.54. The van der Waals surface area contributed by atoms with E-state index in [1.54, 1.807) is 12.3 Å². The van der Waals surface area contributed by atoms with E-state index in [2.05, 4.69) is 33.1 Å². The van der Waals surface area contributed by atoms with Crippen molar-refractivity contribution in [2.75, 3.05) is 6.61 Å². The standard InChI is InChI=1S/C19H16BrNO2/c1-2-23-18-11-16(20)9-15(19(18)22)12-21-17-8-7-13-5-3-4-6-14(13)10-17/h3-12,22H,2H2,1H3. The number of phenolic OH excluding ortho intramolecular Hbond substituents is 1. The van der Waals surface area contributed by atoms with Gasteiger partial charge in [-0.05, 0) is 42.0 Å². The first-order chi connectivity index (χ1) is 11.2. The fourth-order valence-electron chi connectivity index (χ4n) is 2.36. The molecule has 0 aliphatic rings. The molecule has 0 amide bonds. The summed E-state index contributed by atoms with van der Waals surface area (Å²) in [6, 6.07) is 17.7. The van der Waals surface area contributed by atoms with Gasteiger partial charge in [-0.2, -0.15) is 0 Å². The first-order valence-corrected chi connectivity index (χ1v) is 8.15. The number of nitrogens with zero attached hydrogens (tertiary/aromatic N) is 1. The molecule has 3 aromatic rings. The molecule has 116 valence electrons. The van der Waals surface area contributed by atoms with Gasteiger partial charge in [-0.3, -0.25) is 4.99 Å². The van der Waals surface area contributed by atoms with Gasteiger partial charge < -0.3 is 9.84 Å². The van der Waals surface area contributed by atoms with E-state index >= 15 is 0 Å². The molecule has 0 saturated heterocycles. The maximum atomic E-state index is 10.3. The van der Waals surface area contributed by atoms with E-state index in [4.69, 9.17) is 4.74 Å². The monoisotopic (exact) mass is 369 g/mol. The predicted octanol–water partition coefficient (Wildman–Crippen LogP) is 5.46. The maximum absolute atomic E-state index is 10.3. The molecule has 0 bridgehead atoms. The lowest BCUT2D eigenvalue weighted by molar-refractivity contribution is 0.317. The molecular formula is C19H16BrNO2. The van der Waals surface area contributed by atoms with Crippen molar-refractivity contribution in [1.29, 1.82) is 0 Å². The number of ether oxygens (including phenoxy) is 1. The fourth-order valence-corrected chi connectivity index (χ4v) is 2.81. The summed E-state index contributed by atoms with van der Waals surface area (Å²) in [5.74, 6) is 0.543. The third-order valence-corrected chi connectivity index (χ3v) is 3.91. The average Bonchev–Trinajstić information content (AvgIpc) is 2.56. The Labute approximate surface area is 143 Å². The van der Waals surface area contributed by atoms with Crippen molar-refractivity contribution < 1.29 is 9.84 Å². The van der Waals surface area contributed by atoms with Gasteiger partial charge in [0, 0.05) is 16.3 Å². The molecule has 1 N–H and O–H groups in total. The average molecular weight is 370 g/mol. The van der Waals surface area contributed by atoms with Crippen molar-refractivity contribution in [1.82, 2.24) is 0 Å². The van der Waals surface area contributed by atoms with E-state index in [-0.39, 0.29) is 5.75 Å². The lowest BCUT2D eigenvalue weighted by Gasteiger charge is -2.08. The van der Waals surface area contributed by atoms with E-state index in [1.807, 2.05) is 43.3 Å². The van der Waals surface area contributed by atoms with Crippen molar-refractivity contribution in [2.24, 2.45) is 4.99 Å². The minimum atomic E-state index is 0.0968. The molecule has 0 atom stereocenters. The lowest BCUT2D eigenvalue weighted by Crippen LogP contribution is -1.94. The Kier molecular flexibility index (Phi) is 4.63. The number of benzene rings is 3. The van der Waals surface area contributed by atoms with E-state index in [0.717, 1.165) is 15.5 Å². The Morgan fingerprint density at radius 1 is 1.09 bits per heavy atom. The highest BCUT2D eigenvalue weighted by Crippen LogP contribution is 2.33. The van der Waals surface area contributed by atoms with Gasteiger partial charge in [-0.25, -0.2) is 0 Å². The minimum absolute atomic E-state index is 0.0968. The molecule has 0 unspecified atom stereocenters. The summed E-state index contributed by atoms with van der Waals surface area (Å²) in [6.45, 7) is 2.37. The Morgan fingerprint density at radius 3 is 2.65 bits per heavy atom. The zero-order valence-electron chi connectivity index (χ0n) is 12.7. The zero-order chi connectivity index (χ0) is 16.2. The highest BCUT2D eigenvalue weighted by atomic mass is 79.9. The number of aliphatic imine (C=N–C) groups is 1. The van der Waals surface area contributed by atoms with Crippen molar-refractivity contribution in [3.63, 3.8) is 0 Å². The first kappa shape index (κ1) is 15.6. The summed E-state index contributed by atoms with van der Waals surface area (Å²) < 4.78 is 6.26. The Bertz CT molecular complexity index is 874. The van der Waals surface area contributed by atoms with Crippen molar-refractivity contribution >= 4 is 38.6 Å². The van der Waals surface area contributed by atoms with Gasteiger partial charge in [0.2, 0.25) is 0 Å². The van der Waals surface area contributed by atoms with Crippen LogP contribution in [0.3, 0.4) is 0 Å². The van der Waals surface area contributed by atoms with Gasteiger partial charge in [0.25, 0.3) is 0 Å². The summed E-state index contributed by atoms with van der Waals surface area (Å²) in [5, 5.41) is 12.6. The number of hydrogen-bond acceptors (Lipinski definition) is 3. The number of aromatic hydroxyl groups is 1. The van der Waals surface area contributed by atoms with Gasteiger partial charge in [0.1, 0.15) is 0 Å². The number of phenols is 1. The van der Waals surface area contributed by atoms with Gasteiger partial charge in [-0.1, -0.05) is 46.3 Å². The smallest absolute Gasteiger partial charge is 0.166 e. The Morgan fingerprint density at radius 2 is 1.87 bits per heavy atom. The van der Waals surface area contributed by atoms with Crippen LogP contribution in [0.4, 0.5) is 5.69 Å². The second-order valence-corrected chi connectivity index (χ2v) is 5.98. The third-order valence-electron chi connectivity index (χ3n) is 3.45. The number of hydrogen-bond donors (Lipinski definition) is 1. The minimum Gasteiger partial charge on any atom is -0.504 e. The van der Waals surface area contributed by atoms with Crippen molar-refractivity contribution in [3.05, 3.63) is 64.6 Å². The van der Waals surface area contributed by atoms with Gasteiger partial charge in [-0.15, -0.1) is 0 Å². The van der Waals surface area contributed by atoms with E-state index < -0.39 is 0 Å². The van der Waals surface area contributed by atoms with Crippen LogP contribution in [-0.4, -0.2) is 17.9 Å². The van der Waals surface area contributed by atoms with Crippen LogP contribution in [0.1, 0.15) is 12.5 Å². The van der Waals surface area contributed by atoms with Crippen LogP contribution in [0.25, 0.3) is 10.8 Å². The van der Waals surface area contributed by atoms with E-state index in [9.17, 15) is 5.11 Å². The zero-order valence-corrected chi connectivity index (χ0v) is 14.2. The summed E-state index contributed by atoms with van der Waals surface area (Å²) >= 11 is 3.42. The number of halogens is 1. The molecule has 3 aromatic carbocycles. The van der Waals surface area contributed by atoms with E-state index in [1.165, 1.54) is 5.39 Å². The van der Waals surface area contributed by atoms with Crippen molar-refractivity contribution in [3.8, 4) is 11.5 Å². The number of rotatable bonds is 4. The molecular weight excluding hydrogens is 354 g/mol. The molecule has 0 heterocycles. The molecule has 3 rings (SSSR count). The summed E-state index contributed by atoms with van der Waals surface area (Å²) in [4.78, 5) is 4.47. The predicted molar refractivity (Wildman–Crippen MR) is 98.2 cm³/mol. The summed E-state index contributed by atoms with van der Waals surface area (Å²) in [6.07, 6.45) is 1.65. The molecule has 0 saturated carbocycles. The van der Waals surface area contributed by atoms with Gasteiger partial charge in [0.05, 0.1) is 12.3 Å². The Hall–Kier alpha value is -2.33. The molecule has 3 nitrogen and oxygen atoms in total. The van der Waals surface area contributed by atoms with E-state index in [0.29, 0.717) is 17.9 Å². The van der Waals surface area contributed by atoms with Crippen LogP contribution in [0.15, 0.2) is 64.1 Å². The van der Waals surface area contributed by atoms with Crippen LogP contribution in [0.2, 0.25) is 0 Å². The molecule has 0 radical (unpaired) electrons. The van der Waals surface area contributed by atoms with Crippen molar-refractivity contribution in [2.45, 2.75) is 6.92 Å². The van der Waals surface area contributed by atoms with Crippen LogP contribution in [0.5, 0.6) is 11.5 Å². The van der Waals surface area contributed by atoms with Crippen LogP contribution >= 0.6 is 15.9 Å². The van der Waals surface area contributed by atoms with Crippen LogP contribution in [-0.2, 0) is 0 Å². The largest absolute Gasteiger partial charge is 0.504 e. The SMILES string of the molecule is CCOc1cc(Br)cc(C=Nc2ccc3ccccc3c2)c1O. The lowest BCUT2D eigenvalue weighted by atomic mass is 10.1. The highest BCUT2D eigenvalue weighted by molar-refractivity contribution is 9.10. The second-order valence-electron chi connectivity index (χ2n) is 5.06. The molecule has 23 heavy (non-hydrogen) atoms. The highest BCUT2D eigenvalue weighted by Gasteiger charge is 2.08. The maximum Gasteiger partial charge on any atom is 0.166 e. The quantitative estimate of drug-likeness (QED) is 0.620. The summed E-state index contributed by atoms with van der Waals surface area (Å²) in [7, 11) is 0. The van der Waals surface area contributed by atoms with Crippen LogP contribution < -0.4 is 4.74 Å². The summed E-state index contributed by atoms with van der Waals surface area (Å²) in [5.41, 5.74) is 1.44. The fraction of sp³-hybridized carbons (Fsp3) is 0.105. The van der Waals surface area contributed by atoms with Gasteiger partial charge in [0.15, 0.2) is 11.5 Å². The second kappa shape index (κ2) is 6.84. The Balaban J connectivity index is 1.95. The molecule has 0 aliphatic carbocycles. The normalized spacial score (nSPS) is 11.2. The molecule has 0 aliphatic heterocycles. The first-order valence-electron chi connectivity index (χ1n) is 7.35. The molecule has 4 heteroatoms. The topological polar surface area (TPSA) is 41.8 Å². The van der Waals surface area contributed by atoms with Crippen LogP contribution in [0, 0.1) is 0 Å².